The molecule has 1 aliphatic carbocycles. The molecule has 1 fully saturated rings. The van der Waals surface area contributed by atoms with Crippen molar-refractivity contribution in [3.8, 4) is 16.9 Å². The Balaban J connectivity index is 1.66. The van der Waals surface area contributed by atoms with Crippen LogP contribution >= 0.6 is 11.6 Å². The van der Waals surface area contributed by atoms with Gasteiger partial charge in [0.15, 0.2) is 0 Å². The van der Waals surface area contributed by atoms with E-state index in [-0.39, 0.29) is 22.1 Å². The van der Waals surface area contributed by atoms with Crippen LogP contribution in [-0.2, 0) is 4.79 Å². The second kappa shape index (κ2) is 10.7. The summed E-state index contributed by atoms with van der Waals surface area (Å²) in [6.45, 7) is 0. The van der Waals surface area contributed by atoms with Gasteiger partial charge in [-0.3, -0.25) is 9.63 Å². The molecule has 1 amide bonds. The molecule has 3 aromatic rings. The van der Waals surface area contributed by atoms with Gasteiger partial charge in [0.05, 0.1) is 11.1 Å². The molecule has 2 N–H and O–H groups in total. The number of anilines is 1. The average molecular weight is 536 g/mol. The minimum absolute atomic E-state index is 0.0928. The molecule has 0 spiro atoms. The normalized spacial score (nSPS) is 14.1. The number of benzene rings is 2. The molecule has 0 saturated heterocycles. The molecule has 1 aliphatic rings. The van der Waals surface area contributed by atoms with Crippen LogP contribution in [0, 0.1) is 5.92 Å². The standard InChI is InChI=1S/C26H22ClF3N2O5/c1-36-32-14-17(20-13-18(27)7-11-23(20)37-26(28,29)30)6-10-22(32)21(12-15-2-3-15)24(33)31-19-8-4-16(5-9-19)25(34)35/h4-11,13-15,21H,2-3,12H2,1H3,(H-,31,33,34,35)/p+1. The lowest BCUT2D eigenvalue weighted by Crippen LogP contribution is -2.47. The molecule has 1 atom stereocenters. The summed E-state index contributed by atoms with van der Waals surface area (Å²) in [5.41, 5.74) is 1.46. The maximum Gasteiger partial charge on any atom is 0.573 e. The minimum Gasteiger partial charge on any atom is -0.478 e. The van der Waals surface area contributed by atoms with Crippen LogP contribution in [0.3, 0.4) is 0 Å². The third-order valence-electron chi connectivity index (χ3n) is 5.96. The summed E-state index contributed by atoms with van der Waals surface area (Å²) in [5, 5.41) is 12.1. The van der Waals surface area contributed by atoms with E-state index < -0.39 is 24.0 Å². The zero-order valence-electron chi connectivity index (χ0n) is 19.6. The molecule has 0 aliphatic heterocycles. The van der Waals surface area contributed by atoms with Crippen LogP contribution in [0.25, 0.3) is 11.1 Å². The Hall–Kier alpha value is -3.79. The van der Waals surface area contributed by atoms with E-state index in [1.54, 1.807) is 12.1 Å². The van der Waals surface area contributed by atoms with E-state index in [4.69, 9.17) is 21.5 Å². The number of amides is 1. The van der Waals surface area contributed by atoms with Crippen molar-refractivity contribution in [3.63, 3.8) is 0 Å². The maximum atomic E-state index is 13.3. The van der Waals surface area contributed by atoms with Gasteiger partial charge >= 0.3 is 12.3 Å². The van der Waals surface area contributed by atoms with Gasteiger partial charge in [0.25, 0.3) is 0 Å². The smallest absolute Gasteiger partial charge is 0.478 e. The van der Waals surface area contributed by atoms with Crippen molar-refractivity contribution >= 4 is 29.2 Å². The summed E-state index contributed by atoms with van der Waals surface area (Å²) in [7, 11) is 1.38. The van der Waals surface area contributed by atoms with Crippen LogP contribution in [0.5, 0.6) is 5.75 Å². The lowest BCUT2D eigenvalue weighted by molar-refractivity contribution is -0.890. The number of aromatic nitrogens is 1. The van der Waals surface area contributed by atoms with Crippen LogP contribution in [-0.4, -0.2) is 30.5 Å². The SMILES string of the molecule is CO[n+]1cc(-c2cc(Cl)ccc2OC(F)(F)F)ccc1C(CC1CC1)C(=O)Nc1ccc(C(=O)O)cc1. The Bertz CT molecular complexity index is 1310. The number of halogens is 4. The highest BCUT2D eigenvalue weighted by Crippen LogP contribution is 2.39. The van der Waals surface area contributed by atoms with Gasteiger partial charge in [0.2, 0.25) is 17.8 Å². The Morgan fingerprint density at radius 1 is 1.14 bits per heavy atom. The minimum atomic E-state index is -4.89. The molecule has 2 aromatic carbocycles. The third-order valence-corrected chi connectivity index (χ3v) is 6.19. The van der Waals surface area contributed by atoms with Crippen molar-refractivity contribution < 1.29 is 42.2 Å². The summed E-state index contributed by atoms with van der Waals surface area (Å²) in [6.07, 6.45) is -0.901. The molecule has 7 nitrogen and oxygen atoms in total. The number of hydrogen-bond donors (Lipinski definition) is 2. The summed E-state index contributed by atoms with van der Waals surface area (Å²) in [6, 6.07) is 12.8. The highest BCUT2D eigenvalue weighted by Gasteiger charge is 2.37. The van der Waals surface area contributed by atoms with Crippen molar-refractivity contribution in [2.75, 3.05) is 12.4 Å². The van der Waals surface area contributed by atoms with E-state index in [1.807, 2.05) is 0 Å². The predicted octanol–water partition coefficient (Wildman–Crippen LogP) is 5.47. The van der Waals surface area contributed by atoms with Crippen molar-refractivity contribution in [2.24, 2.45) is 5.92 Å². The second-order valence-electron chi connectivity index (χ2n) is 8.64. The maximum absolute atomic E-state index is 13.3. The van der Waals surface area contributed by atoms with Gasteiger partial charge in [0, 0.05) is 27.1 Å². The Kier molecular flexibility index (Phi) is 7.58. The van der Waals surface area contributed by atoms with Crippen molar-refractivity contribution in [3.05, 3.63) is 77.1 Å². The summed E-state index contributed by atoms with van der Waals surface area (Å²) in [5.74, 6) is -2.10. The summed E-state index contributed by atoms with van der Waals surface area (Å²) in [4.78, 5) is 29.9. The monoisotopic (exact) mass is 535 g/mol. The highest BCUT2D eigenvalue weighted by molar-refractivity contribution is 6.31. The first-order chi connectivity index (χ1) is 17.5. The predicted molar refractivity (Wildman–Crippen MR) is 128 cm³/mol. The molecule has 1 unspecified atom stereocenters. The zero-order chi connectivity index (χ0) is 26.7. The lowest BCUT2D eigenvalue weighted by atomic mass is 9.95. The highest BCUT2D eigenvalue weighted by atomic mass is 35.5. The van der Waals surface area contributed by atoms with Gasteiger partial charge in [-0.2, -0.15) is 0 Å². The topological polar surface area (TPSA) is 88.7 Å². The number of nitrogens with zero attached hydrogens (tertiary/aromatic N) is 1. The van der Waals surface area contributed by atoms with E-state index in [0.29, 0.717) is 29.3 Å². The molecule has 194 valence electrons. The number of carboxylic acids is 1. The molecular formula is C26H23ClF3N2O5+. The van der Waals surface area contributed by atoms with Gasteiger partial charge in [-0.15, -0.1) is 13.2 Å². The molecule has 4 rings (SSSR count). The largest absolute Gasteiger partial charge is 0.573 e. The molecule has 0 radical (unpaired) electrons. The molecule has 1 heterocycles. The molecule has 1 aromatic heterocycles. The molecule has 0 bridgehead atoms. The number of aromatic carboxylic acids is 1. The number of pyridine rings is 1. The Morgan fingerprint density at radius 2 is 1.84 bits per heavy atom. The van der Waals surface area contributed by atoms with Crippen molar-refractivity contribution in [1.82, 2.24) is 0 Å². The van der Waals surface area contributed by atoms with Gasteiger partial charge < -0.3 is 15.2 Å². The fourth-order valence-electron chi connectivity index (χ4n) is 4.00. The number of carboxylic acid groups (broad SMARTS) is 1. The first kappa shape index (κ1) is 26.3. The van der Waals surface area contributed by atoms with Gasteiger partial charge in [0.1, 0.15) is 18.8 Å². The van der Waals surface area contributed by atoms with Crippen LogP contribution in [0.2, 0.25) is 5.02 Å². The van der Waals surface area contributed by atoms with Crippen molar-refractivity contribution in [1.29, 1.82) is 0 Å². The van der Waals surface area contributed by atoms with Gasteiger partial charge in [-0.1, -0.05) is 24.4 Å². The van der Waals surface area contributed by atoms with Crippen LogP contribution in [0.15, 0.2) is 60.8 Å². The second-order valence-corrected chi connectivity index (χ2v) is 9.08. The number of hydrogen-bond acceptors (Lipinski definition) is 4. The molecule has 11 heteroatoms. The summed E-state index contributed by atoms with van der Waals surface area (Å²) >= 11 is 6.04. The van der Waals surface area contributed by atoms with Gasteiger partial charge in [-0.05, 0) is 60.9 Å². The van der Waals surface area contributed by atoms with Crippen LogP contribution in [0.1, 0.15) is 41.2 Å². The molecule has 37 heavy (non-hydrogen) atoms. The van der Waals surface area contributed by atoms with E-state index >= 15 is 0 Å². The number of carbonyl (C=O) groups excluding carboxylic acids is 1. The zero-order valence-corrected chi connectivity index (χ0v) is 20.3. The van der Waals surface area contributed by atoms with E-state index in [2.05, 4.69) is 10.1 Å². The Labute approximate surface area is 215 Å². The number of carbonyl (C=O) groups is 2. The van der Waals surface area contributed by atoms with E-state index in [0.717, 1.165) is 18.9 Å². The first-order valence-electron chi connectivity index (χ1n) is 11.3. The quantitative estimate of drug-likeness (QED) is 0.355. The van der Waals surface area contributed by atoms with E-state index in [1.165, 1.54) is 54.4 Å². The van der Waals surface area contributed by atoms with Gasteiger partial charge in [-0.25, -0.2) is 4.79 Å². The average Bonchev–Trinajstić information content (AvgIpc) is 3.67. The third kappa shape index (κ3) is 6.71. The van der Waals surface area contributed by atoms with E-state index in [9.17, 15) is 22.8 Å². The summed E-state index contributed by atoms with van der Waals surface area (Å²) < 4.78 is 44.4. The van der Waals surface area contributed by atoms with Crippen molar-refractivity contribution in [2.45, 2.75) is 31.5 Å². The van der Waals surface area contributed by atoms with Crippen LogP contribution < -0.4 is 19.6 Å². The lowest BCUT2D eigenvalue weighted by Gasteiger charge is -2.16. The Morgan fingerprint density at radius 3 is 2.43 bits per heavy atom. The van der Waals surface area contributed by atoms with Crippen LogP contribution in [0.4, 0.5) is 18.9 Å². The number of nitrogens with one attached hydrogen (secondary N) is 1. The fourth-order valence-corrected chi connectivity index (χ4v) is 4.17. The first-order valence-corrected chi connectivity index (χ1v) is 11.7. The molecule has 1 saturated carbocycles. The molecular weight excluding hydrogens is 513 g/mol. The number of alkyl halides is 3. The number of ether oxygens (including phenoxy) is 1. The fraction of sp³-hybridized carbons (Fsp3) is 0.269. The number of rotatable bonds is 9.